The highest BCUT2D eigenvalue weighted by molar-refractivity contribution is 8.01. The molecule has 2 heterocycles. The summed E-state index contributed by atoms with van der Waals surface area (Å²) in [6, 6.07) is 7.66. The number of aryl methyl sites for hydroxylation is 1. The smallest absolute Gasteiger partial charge is 0.239 e. The van der Waals surface area contributed by atoms with Gasteiger partial charge in [0.05, 0.1) is 18.0 Å². The highest BCUT2D eigenvalue weighted by atomic mass is 32.2. The Morgan fingerprint density at radius 2 is 2.13 bits per heavy atom. The minimum absolute atomic E-state index is 0.0169. The fourth-order valence-electron chi connectivity index (χ4n) is 1.85. The summed E-state index contributed by atoms with van der Waals surface area (Å²) in [5.74, 6) is 1.97. The number of hydrogen-bond acceptors (Lipinski definition) is 9. The van der Waals surface area contributed by atoms with Crippen LogP contribution < -0.4 is 10.1 Å². The third-order valence-electron chi connectivity index (χ3n) is 2.92. The fraction of sp³-hybridized carbons (Fsp3) is 0.286. The highest BCUT2D eigenvalue weighted by Crippen LogP contribution is 2.37. The zero-order valence-electron chi connectivity index (χ0n) is 12.8. The zero-order valence-corrected chi connectivity index (χ0v) is 14.4. The SMILES string of the molecule is COc1ccccc1Nc1nnc(SC(C)c2nc(C)no2)s1. The first kappa shape index (κ1) is 15.8. The minimum Gasteiger partial charge on any atom is -0.495 e. The summed E-state index contributed by atoms with van der Waals surface area (Å²) in [6.07, 6.45) is 0. The van der Waals surface area contributed by atoms with E-state index in [1.54, 1.807) is 14.0 Å². The molecule has 0 saturated heterocycles. The first-order valence-corrected chi connectivity index (χ1v) is 8.55. The molecule has 120 valence electrons. The van der Waals surface area contributed by atoms with Crippen molar-refractivity contribution in [2.45, 2.75) is 23.4 Å². The molecule has 0 aliphatic rings. The van der Waals surface area contributed by atoms with Crippen LogP contribution in [-0.4, -0.2) is 27.4 Å². The van der Waals surface area contributed by atoms with E-state index in [0.29, 0.717) is 16.8 Å². The predicted molar refractivity (Wildman–Crippen MR) is 89.5 cm³/mol. The van der Waals surface area contributed by atoms with Crippen molar-refractivity contribution in [3.8, 4) is 5.75 Å². The summed E-state index contributed by atoms with van der Waals surface area (Å²) >= 11 is 2.99. The third kappa shape index (κ3) is 3.80. The summed E-state index contributed by atoms with van der Waals surface area (Å²) in [4.78, 5) is 4.23. The number of nitrogens with zero attached hydrogens (tertiary/aromatic N) is 4. The summed E-state index contributed by atoms with van der Waals surface area (Å²) in [5.41, 5.74) is 0.850. The van der Waals surface area contributed by atoms with Crippen molar-refractivity contribution in [3.05, 3.63) is 36.0 Å². The standard InChI is InChI=1S/C14H15N5O2S2/c1-8(12-15-9(2)19-21-12)22-14-18-17-13(23-14)16-10-6-4-5-7-11(10)20-3/h4-8H,1-3H3,(H,16,17). The maximum Gasteiger partial charge on any atom is 0.239 e. The molecular weight excluding hydrogens is 334 g/mol. The van der Waals surface area contributed by atoms with Crippen LogP contribution in [0.25, 0.3) is 0 Å². The van der Waals surface area contributed by atoms with Crippen molar-refractivity contribution in [1.29, 1.82) is 0 Å². The molecule has 1 unspecified atom stereocenters. The Labute approximate surface area is 141 Å². The number of methoxy groups -OCH3 is 1. The Bertz CT molecular complexity index is 789. The highest BCUT2D eigenvalue weighted by Gasteiger charge is 2.17. The molecule has 7 nitrogen and oxygen atoms in total. The van der Waals surface area contributed by atoms with Gasteiger partial charge in [-0.15, -0.1) is 10.2 Å². The number of benzene rings is 1. The van der Waals surface area contributed by atoms with Crippen LogP contribution in [0.4, 0.5) is 10.8 Å². The van der Waals surface area contributed by atoms with Crippen molar-refractivity contribution in [2.24, 2.45) is 0 Å². The lowest BCUT2D eigenvalue weighted by atomic mass is 10.3. The lowest BCUT2D eigenvalue weighted by Gasteiger charge is -2.07. The predicted octanol–water partition coefficient (Wildman–Crippen LogP) is 3.84. The number of anilines is 2. The largest absolute Gasteiger partial charge is 0.495 e. The van der Waals surface area contributed by atoms with Gasteiger partial charge >= 0.3 is 0 Å². The lowest BCUT2D eigenvalue weighted by Crippen LogP contribution is -1.93. The minimum atomic E-state index is 0.0169. The van der Waals surface area contributed by atoms with E-state index >= 15 is 0 Å². The molecule has 0 bridgehead atoms. The van der Waals surface area contributed by atoms with Crippen LogP contribution in [0.1, 0.15) is 23.9 Å². The molecule has 3 rings (SSSR count). The van der Waals surface area contributed by atoms with Crippen LogP contribution >= 0.6 is 23.1 Å². The average Bonchev–Trinajstić information content (AvgIpc) is 3.17. The van der Waals surface area contributed by atoms with E-state index < -0.39 is 0 Å². The second-order valence-electron chi connectivity index (χ2n) is 4.64. The van der Waals surface area contributed by atoms with E-state index in [2.05, 4.69) is 25.7 Å². The van der Waals surface area contributed by atoms with Crippen molar-refractivity contribution >= 4 is 33.9 Å². The first-order chi connectivity index (χ1) is 11.2. The van der Waals surface area contributed by atoms with Crippen molar-refractivity contribution in [2.75, 3.05) is 12.4 Å². The van der Waals surface area contributed by atoms with E-state index in [9.17, 15) is 0 Å². The molecule has 0 spiro atoms. The summed E-state index contributed by atoms with van der Waals surface area (Å²) in [5, 5.41) is 16.1. The van der Waals surface area contributed by atoms with Gasteiger partial charge in [-0.3, -0.25) is 0 Å². The summed E-state index contributed by atoms with van der Waals surface area (Å²) < 4.78 is 11.3. The second kappa shape index (κ2) is 6.97. The zero-order chi connectivity index (χ0) is 16.2. The normalized spacial score (nSPS) is 12.1. The van der Waals surface area contributed by atoms with E-state index in [0.717, 1.165) is 15.8 Å². The molecule has 0 saturated carbocycles. The van der Waals surface area contributed by atoms with Gasteiger partial charge in [-0.25, -0.2) is 0 Å². The third-order valence-corrected chi connectivity index (χ3v) is 4.93. The molecule has 0 aliphatic carbocycles. The lowest BCUT2D eigenvalue weighted by molar-refractivity contribution is 0.376. The molecule has 23 heavy (non-hydrogen) atoms. The van der Waals surface area contributed by atoms with Gasteiger partial charge in [0.2, 0.25) is 11.0 Å². The Morgan fingerprint density at radius 1 is 1.30 bits per heavy atom. The second-order valence-corrected chi connectivity index (χ2v) is 7.20. The molecule has 0 amide bonds. The Balaban J connectivity index is 1.68. The number of para-hydroxylation sites is 2. The number of aromatic nitrogens is 4. The fourth-order valence-corrected chi connectivity index (χ4v) is 3.79. The molecule has 3 aromatic rings. The molecular formula is C14H15N5O2S2. The Hall–Kier alpha value is -2.13. The van der Waals surface area contributed by atoms with Gasteiger partial charge in [-0.05, 0) is 26.0 Å². The van der Waals surface area contributed by atoms with Gasteiger partial charge < -0.3 is 14.6 Å². The van der Waals surface area contributed by atoms with Gasteiger partial charge in [-0.2, -0.15) is 4.98 Å². The van der Waals surface area contributed by atoms with E-state index in [-0.39, 0.29) is 5.25 Å². The average molecular weight is 349 g/mol. The number of nitrogens with one attached hydrogen (secondary N) is 1. The summed E-state index contributed by atoms with van der Waals surface area (Å²) in [6.45, 7) is 3.79. The van der Waals surface area contributed by atoms with Crippen LogP contribution in [0.15, 0.2) is 33.1 Å². The summed E-state index contributed by atoms with van der Waals surface area (Å²) in [7, 11) is 1.63. The van der Waals surface area contributed by atoms with E-state index in [1.807, 2.05) is 31.2 Å². The van der Waals surface area contributed by atoms with Gasteiger partial charge in [0.1, 0.15) is 5.75 Å². The van der Waals surface area contributed by atoms with Gasteiger partial charge in [0, 0.05) is 0 Å². The number of ether oxygens (including phenoxy) is 1. The van der Waals surface area contributed by atoms with Crippen LogP contribution in [0.5, 0.6) is 5.75 Å². The first-order valence-electron chi connectivity index (χ1n) is 6.86. The van der Waals surface area contributed by atoms with Crippen LogP contribution in [0, 0.1) is 6.92 Å². The molecule has 1 atom stereocenters. The molecule has 1 aromatic carbocycles. The molecule has 0 aliphatic heterocycles. The molecule has 0 radical (unpaired) electrons. The molecule has 9 heteroatoms. The molecule has 1 N–H and O–H groups in total. The van der Waals surface area contributed by atoms with E-state index in [4.69, 9.17) is 9.26 Å². The van der Waals surface area contributed by atoms with Crippen LogP contribution in [-0.2, 0) is 0 Å². The van der Waals surface area contributed by atoms with Gasteiger partial charge in [-0.1, -0.05) is 40.4 Å². The quantitative estimate of drug-likeness (QED) is 0.672. The van der Waals surface area contributed by atoms with Gasteiger partial charge in [0.15, 0.2) is 10.2 Å². The Kier molecular flexibility index (Phi) is 4.77. The van der Waals surface area contributed by atoms with Crippen LogP contribution in [0.3, 0.4) is 0 Å². The Morgan fingerprint density at radius 3 is 2.87 bits per heavy atom. The topological polar surface area (TPSA) is 86.0 Å². The molecule has 0 fully saturated rings. The van der Waals surface area contributed by atoms with E-state index in [1.165, 1.54) is 23.1 Å². The monoisotopic (exact) mass is 349 g/mol. The van der Waals surface area contributed by atoms with Crippen molar-refractivity contribution in [1.82, 2.24) is 20.3 Å². The number of hydrogen-bond donors (Lipinski definition) is 1. The molecule has 2 aromatic heterocycles. The van der Waals surface area contributed by atoms with Gasteiger partial charge in [0.25, 0.3) is 0 Å². The number of rotatable bonds is 6. The van der Waals surface area contributed by atoms with Crippen LogP contribution in [0.2, 0.25) is 0 Å². The number of thioether (sulfide) groups is 1. The van der Waals surface area contributed by atoms with Crippen molar-refractivity contribution in [3.63, 3.8) is 0 Å². The maximum atomic E-state index is 5.31. The maximum absolute atomic E-state index is 5.31. The van der Waals surface area contributed by atoms with Crippen molar-refractivity contribution < 1.29 is 9.26 Å².